The van der Waals surface area contributed by atoms with Crippen LogP contribution in [0.25, 0.3) is 0 Å². The molecule has 2 aromatic rings. The highest BCUT2D eigenvalue weighted by atomic mass is 128. The molecular weight excluding hydrogens is 590 g/mol. The lowest BCUT2D eigenvalue weighted by Gasteiger charge is -2.33. The number of fused-ring (bicyclic) bond motifs is 1. The number of anilines is 1. The molecule has 2 aromatic carbocycles. The Balaban J connectivity index is 1.97. The van der Waals surface area contributed by atoms with Gasteiger partial charge in [0.25, 0.3) is 5.60 Å². The number of nitrogens with zero attached hydrogens (tertiary/aromatic N) is 1. The van der Waals surface area contributed by atoms with Crippen LogP contribution in [0.15, 0.2) is 48.5 Å². The fourth-order valence-electron chi connectivity index (χ4n) is 2.43. The van der Waals surface area contributed by atoms with Gasteiger partial charge in [-0.25, -0.2) is 0 Å². The van der Waals surface area contributed by atoms with E-state index in [1.165, 1.54) is 6.07 Å². The van der Waals surface area contributed by atoms with Gasteiger partial charge in [0.15, 0.2) is 0 Å². The first-order valence-corrected chi connectivity index (χ1v) is 15.5. The minimum absolute atomic E-state index is 0.487. The minimum atomic E-state index is -5.85. The van der Waals surface area contributed by atoms with Crippen molar-refractivity contribution in [1.29, 1.82) is 0 Å². The zero-order chi connectivity index (χ0) is 19.2. The molecule has 1 N–H and O–H groups in total. The van der Waals surface area contributed by atoms with Gasteiger partial charge in [-0.1, -0.05) is 36.4 Å². The zero-order valence-electron chi connectivity index (χ0n) is 12.7. The molecular formula is C16H11F6I2NO. The van der Waals surface area contributed by atoms with Crippen LogP contribution in [-0.4, -0.2) is 17.5 Å². The molecule has 0 bridgehead atoms. The van der Waals surface area contributed by atoms with E-state index in [0.29, 0.717) is 15.8 Å². The van der Waals surface area contributed by atoms with Gasteiger partial charge in [-0.2, -0.15) is 26.3 Å². The molecule has 0 atom stereocenters. The molecule has 1 heterocycles. The normalized spacial score (nSPS) is 15.3. The van der Waals surface area contributed by atoms with Gasteiger partial charge in [0.2, 0.25) is 0 Å². The van der Waals surface area contributed by atoms with E-state index in [-0.39, 0.29) is 0 Å². The molecule has 0 saturated heterocycles. The molecule has 10 heteroatoms. The van der Waals surface area contributed by atoms with Crippen molar-refractivity contribution in [2.75, 3.05) is 3.11 Å². The summed E-state index contributed by atoms with van der Waals surface area (Å²) >= 11 is -1.15. The summed E-state index contributed by atoms with van der Waals surface area (Å²) in [6.07, 6.45) is -11.7. The van der Waals surface area contributed by atoms with Gasteiger partial charge in [-0.15, -0.1) is 0 Å². The molecule has 2 nitrogen and oxygen atoms in total. The van der Waals surface area contributed by atoms with Crippen LogP contribution in [0.2, 0.25) is 0 Å². The Morgan fingerprint density at radius 2 is 1.50 bits per heavy atom. The average molecular weight is 601 g/mol. The van der Waals surface area contributed by atoms with Gasteiger partial charge >= 0.3 is 12.4 Å². The third-order valence-corrected chi connectivity index (χ3v) is 13.7. The van der Waals surface area contributed by atoms with Crippen molar-refractivity contribution in [3.63, 3.8) is 0 Å². The molecule has 0 fully saturated rings. The van der Waals surface area contributed by atoms with Gasteiger partial charge in [-0.3, -0.25) is 0 Å². The van der Waals surface area contributed by atoms with Crippen molar-refractivity contribution in [3.05, 3.63) is 63.2 Å². The maximum atomic E-state index is 13.0. The van der Waals surface area contributed by atoms with Crippen LogP contribution in [0.1, 0.15) is 11.1 Å². The first kappa shape index (κ1) is 20.0. The number of aliphatic hydroxyl groups is 1. The number of halogens is 8. The number of hydrogen-bond acceptors (Lipinski definition) is 2. The van der Waals surface area contributed by atoms with Gasteiger partial charge in [-0.05, 0) is 34.3 Å². The molecule has 0 radical (unpaired) electrons. The Morgan fingerprint density at radius 1 is 0.885 bits per heavy atom. The van der Waals surface area contributed by atoms with Crippen molar-refractivity contribution in [2.24, 2.45) is 0 Å². The van der Waals surface area contributed by atoms with Crippen LogP contribution in [0, 0.1) is 3.57 Å². The molecule has 26 heavy (non-hydrogen) atoms. The van der Waals surface area contributed by atoms with E-state index in [1.807, 2.05) is 33.4 Å². The predicted octanol–water partition coefficient (Wildman–Crippen LogP) is 5.96. The highest BCUT2D eigenvalue weighted by Crippen LogP contribution is 2.52. The Labute approximate surface area is 160 Å². The van der Waals surface area contributed by atoms with E-state index in [4.69, 9.17) is 0 Å². The maximum absolute atomic E-state index is 13.0. The van der Waals surface area contributed by atoms with Crippen LogP contribution in [0.5, 0.6) is 0 Å². The van der Waals surface area contributed by atoms with E-state index < -0.39 is 57.0 Å². The lowest BCUT2D eigenvalue weighted by molar-refractivity contribution is -0.376. The van der Waals surface area contributed by atoms with E-state index in [0.717, 1.165) is 17.7 Å². The number of benzene rings is 2. The Morgan fingerprint density at radius 3 is 2.08 bits per heavy atom. The lowest BCUT2D eigenvalue weighted by atomic mass is 9.92. The minimum Gasteiger partial charge on any atom is -0.369 e. The summed E-state index contributed by atoms with van der Waals surface area (Å²) in [6, 6.07) is 12.3. The number of alkyl halides is 6. The van der Waals surface area contributed by atoms with Crippen LogP contribution in [0.4, 0.5) is 32.0 Å². The van der Waals surface area contributed by atoms with Gasteiger partial charge in [0, 0.05) is 26.0 Å². The second kappa shape index (κ2) is 7.00. The lowest BCUT2D eigenvalue weighted by Crippen LogP contribution is -2.53. The summed E-state index contributed by atoms with van der Waals surface area (Å²) in [4.78, 5) is 0. The van der Waals surface area contributed by atoms with E-state index in [9.17, 15) is 31.4 Å². The Hall–Kier alpha value is -0.760. The molecule has 1 aliphatic heterocycles. The second-order valence-electron chi connectivity index (χ2n) is 5.51. The fourth-order valence-corrected chi connectivity index (χ4v) is 12.8. The van der Waals surface area contributed by atoms with Crippen LogP contribution < -0.4 is 3.11 Å². The maximum Gasteiger partial charge on any atom is 0.430 e. The molecule has 1 aliphatic rings. The quantitative estimate of drug-likeness (QED) is 0.267. The summed E-state index contributed by atoms with van der Waals surface area (Å²) in [5.41, 5.74) is -4.33. The molecule has 142 valence electrons. The van der Waals surface area contributed by atoms with E-state index in [1.54, 1.807) is 0 Å². The van der Waals surface area contributed by atoms with Crippen LogP contribution >= 0.6 is 33.5 Å². The van der Waals surface area contributed by atoms with Gasteiger partial charge in [0.1, 0.15) is 0 Å². The van der Waals surface area contributed by atoms with Crippen molar-refractivity contribution in [3.8, 4) is 0 Å². The molecule has 0 unspecified atom stereocenters. The van der Waals surface area contributed by atoms with Crippen molar-refractivity contribution < 1.29 is 31.4 Å². The molecule has 0 saturated carbocycles. The summed E-state index contributed by atoms with van der Waals surface area (Å²) < 4.78 is 80.8. The Kier molecular flexibility index (Phi) is 5.38. The largest absolute Gasteiger partial charge is 0.430 e. The highest BCUT2D eigenvalue weighted by molar-refractivity contribution is 14.8. The van der Waals surface area contributed by atoms with E-state index in [2.05, 4.69) is 0 Å². The third-order valence-electron chi connectivity index (χ3n) is 3.80. The smallest absolute Gasteiger partial charge is 0.369 e. The first-order chi connectivity index (χ1) is 12.0. The van der Waals surface area contributed by atoms with Gasteiger partial charge < -0.3 is 8.22 Å². The van der Waals surface area contributed by atoms with Crippen LogP contribution in [0.3, 0.4) is 0 Å². The summed E-state index contributed by atoms with van der Waals surface area (Å²) in [6.45, 7) is 0.572. The van der Waals surface area contributed by atoms with Crippen molar-refractivity contribution >= 4 is 39.1 Å². The Bertz CT molecular complexity index is 821. The standard InChI is InChI=1S/C16H11F6I2NO/c17-15(18,19)14(26,16(20,21)22)11-6-7-13-12(8-11)23-24-25(13)9-10-4-2-1-3-5-10/h1-8,26H,9H2. The second-order valence-corrected chi connectivity index (χ2v) is 13.8. The van der Waals surface area contributed by atoms with Gasteiger partial charge in [0.05, 0.1) is 12.2 Å². The monoisotopic (exact) mass is 601 g/mol. The molecule has 3 rings (SSSR count). The molecule has 0 amide bonds. The van der Waals surface area contributed by atoms with Crippen molar-refractivity contribution in [1.82, 2.24) is 0 Å². The zero-order valence-corrected chi connectivity index (χ0v) is 17.1. The third kappa shape index (κ3) is 3.51. The first-order valence-electron chi connectivity index (χ1n) is 7.15. The highest BCUT2D eigenvalue weighted by Gasteiger charge is 2.71. The summed E-state index contributed by atoms with van der Waals surface area (Å²) in [5, 5.41) is 9.55. The topological polar surface area (TPSA) is 23.5 Å². The summed E-state index contributed by atoms with van der Waals surface area (Å²) in [5.74, 6) is 0. The SMILES string of the molecule is OC(c1ccc2c(c1)I=IN2Cc1ccccc1)(C(F)(F)F)C(F)(F)F. The van der Waals surface area contributed by atoms with E-state index >= 15 is 0 Å². The fraction of sp³-hybridized carbons (Fsp3) is 0.250. The number of rotatable bonds is 3. The number of hydrogen-bond donors (Lipinski definition) is 1. The van der Waals surface area contributed by atoms with Crippen molar-refractivity contribution in [2.45, 2.75) is 24.5 Å². The predicted molar refractivity (Wildman–Crippen MR) is 102 cm³/mol. The summed E-state index contributed by atoms with van der Waals surface area (Å²) in [7, 11) is 0. The molecule has 0 aromatic heterocycles. The molecule has 0 aliphatic carbocycles. The van der Waals surface area contributed by atoms with Crippen LogP contribution in [-0.2, 0) is 12.1 Å². The molecule has 0 spiro atoms. The average Bonchev–Trinajstić information content (AvgIpc) is 2.95.